The fourth-order valence-corrected chi connectivity index (χ4v) is 2.21. The van der Waals surface area contributed by atoms with Crippen LogP contribution >= 0.6 is 11.6 Å². The molecule has 1 unspecified atom stereocenters. The number of benzene rings is 1. The Kier molecular flexibility index (Phi) is 7.92. The fourth-order valence-electron chi connectivity index (χ4n) is 2.00. The number of halogens is 5. The van der Waals surface area contributed by atoms with Crippen LogP contribution < -0.4 is 15.2 Å². The summed E-state index contributed by atoms with van der Waals surface area (Å²) >= 11 is 5.94. The highest BCUT2D eigenvalue weighted by Crippen LogP contribution is 2.41. The van der Waals surface area contributed by atoms with E-state index in [-0.39, 0.29) is 27.8 Å². The molecule has 1 heterocycles. The molecule has 0 aliphatic carbocycles. The van der Waals surface area contributed by atoms with Gasteiger partial charge in [0, 0.05) is 11.6 Å². The molecule has 0 spiro atoms. The number of rotatable bonds is 4. The number of ether oxygens (including phenoxy) is 2. The Labute approximate surface area is 163 Å². The number of carbonyl (C=O) groups is 1. The molecule has 3 N–H and O–H groups in total. The van der Waals surface area contributed by atoms with Gasteiger partial charge in [-0.1, -0.05) is 18.2 Å². The molecule has 0 saturated carbocycles. The van der Waals surface area contributed by atoms with Crippen molar-refractivity contribution in [2.45, 2.75) is 26.1 Å². The van der Waals surface area contributed by atoms with Crippen molar-refractivity contribution >= 4 is 23.6 Å². The van der Waals surface area contributed by atoms with E-state index in [9.17, 15) is 22.4 Å². The highest BCUT2D eigenvalue weighted by Gasteiger charge is 2.48. The van der Waals surface area contributed by atoms with Crippen LogP contribution in [0.25, 0.3) is 6.08 Å². The third kappa shape index (κ3) is 6.19. The van der Waals surface area contributed by atoms with E-state index < -0.39 is 30.5 Å². The van der Waals surface area contributed by atoms with Crippen LogP contribution in [-0.2, 0) is 4.79 Å². The summed E-state index contributed by atoms with van der Waals surface area (Å²) in [6.07, 6.45) is -5.38. The van der Waals surface area contributed by atoms with Gasteiger partial charge in [-0.25, -0.2) is 9.18 Å². The third-order valence-corrected chi connectivity index (χ3v) is 3.44. The quantitative estimate of drug-likeness (QED) is 0.533. The molecule has 0 aromatic heterocycles. The minimum absolute atomic E-state index is 0.0309. The summed E-state index contributed by atoms with van der Waals surface area (Å²) in [7, 11) is 0. The van der Waals surface area contributed by atoms with Crippen molar-refractivity contribution in [3.8, 4) is 11.5 Å². The van der Waals surface area contributed by atoms with Crippen LogP contribution in [0.2, 0.25) is 5.02 Å². The first-order valence-corrected chi connectivity index (χ1v) is 8.10. The topological polar surface area (TPSA) is 81.8 Å². The van der Waals surface area contributed by atoms with Crippen LogP contribution in [0.5, 0.6) is 11.5 Å². The van der Waals surface area contributed by atoms with E-state index in [1.165, 1.54) is 19.1 Å². The molecule has 0 radical (unpaired) electrons. The molecule has 28 heavy (non-hydrogen) atoms. The van der Waals surface area contributed by atoms with Crippen molar-refractivity contribution in [3.05, 3.63) is 52.4 Å². The predicted molar refractivity (Wildman–Crippen MR) is 96.9 cm³/mol. The Morgan fingerprint density at radius 1 is 1.46 bits per heavy atom. The van der Waals surface area contributed by atoms with Crippen molar-refractivity contribution in [1.82, 2.24) is 0 Å². The zero-order valence-corrected chi connectivity index (χ0v) is 15.7. The number of carboxylic acid groups (broad SMARTS) is 1. The Hall–Kier alpha value is -2.68. The monoisotopic (exact) mass is 423 g/mol. The summed E-state index contributed by atoms with van der Waals surface area (Å²) in [6.45, 7) is 5.66. The van der Waals surface area contributed by atoms with E-state index in [0.29, 0.717) is 5.70 Å². The van der Waals surface area contributed by atoms with E-state index >= 15 is 0 Å². The van der Waals surface area contributed by atoms with Gasteiger partial charge < -0.3 is 20.3 Å². The minimum Gasteiger partial charge on any atom is -0.478 e. The first-order valence-electron chi connectivity index (χ1n) is 7.72. The second-order valence-corrected chi connectivity index (χ2v) is 6.01. The molecule has 2 rings (SSSR count). The summed E-state index contributed by atoms with van der Waals surface area (Å²) in [6, 6.07) is 2.25. The van der Waals surface area contributed by atoms with Gasteiger partial charge in [-0.2, -0.15) is 13.2 Å². The molecule has 1 aromatic rings. The smallest absolute Gasteiger partial charge is 0.430 e. The van der Waals surface area contributed by atoms with E-state index in [1.54, 1.807) is 6.92 Å². The van der Waals surface area contributed by atoms with E-state index in [0.717, 1.165) is 12.1 Å². The van der Waals surface area contributed by atoms with Crippen molar-refractivity contribution in [1.29, 1.82) is 0 Å². The standard InChI is InChI=1S/C15H11ClF4O4.C3H7N/c1-2-8(6-17)23-12-5-11-7(4-10(12)16)3-9(14(21)22)13(24-11)15(18,19)20;1-3(2)4/h2-5,13H,6H2,1H3,(H,21,22);1,4H2,2H3/b8-2+;. The lowest BCUT2D eigenvalue weighted by Gasteiger charge is -2.27. The van der Waals surface area contributed by atoms with Crippen molar-refractivity contribution < 1.29 is 36.9 Å². The van der Waals surface area contributed by atoms with Crippen LogP contribution in [0.1, 0.15) is 19.4 Å². The molecular formula is C18H18ClF4NO4. The SMILES string of the molecule is C/C=C(\CF)Oc1cc2c(cc1Cl)C=C(C(=O)O)C(C(F)(F)F)O2.C=C(C)N. The van der Waals surface area contributed by atoms with Gasteiger partial charge in [-0.3, -0.25) is 0 Å². The fraction of sp³-hybridized carbons (Fsp3) is 0.278. The molecule has 5 nitrogen and oxygen atoms in total. The molecule has 0 saturated heterocycles. The summed E-state index contributed by atoms with van der Waals surface area (Å²) in [5, 5.41) is 8.92. The maximum atomic E-state index is 13.0. The molecule has 1 aromatic carbocycles. The third-order valence-electron chi connectivity index (χ3n) is 3.14. The molecule has 0 bridgehead atoms. The highest BCUT2D eigenvalue weighted by atomic mass is 35.5. The lowest BCUT2D eigenvalue weighted by Crippen LogP contribution is -2.40. The zero-order chi connectivity index (χ0) is 21.6. The number of aliphatic carboxylic acids is 1. The van der Waals surface area contributed by atoms with Crippen LogP contribution in [-0.4, -0.2) is 30.0 Å². The molecule has 1 aliphatic heterocycles. The average Bonchev–Trinajstić information content (AvgIpc) is 2.57. The van der Waals surface area contributed by atoms with Crippen molar-refractivity contribution in [2.75, 3.05) is 6.67 Å². The lowest BCUT2D eigenvalue weighted by atomic mass is 10.0. The van der Waals surface area contributed by atoms with Crippen LogP contribution in [0.4, 0.5) is 17.6 Å². The van der Waals surface area contributed by atoms with Gasteiger partial charge in [-0.05, 0) is 37.8 Å². The maximum absolute atomic E-state index is 13.0. The second-order valence-electron chi connectivity index (χ2n) is 5.60. The number of allylic oxidation sites excluding steroid dienone is 3. The van der Waals surface area contributed by atoms with Gasteiger partial charge in [0.05, 0.1) is 10.6 Å². The molecule has 1 aliphatic rings. The number of hydrogen-bond donors (Lipinski definition) is 2. The lowest BCUT2D eigenvalue weighted by molar-refractivity contribution is -0.187. The summed E-state index contributed by atoms with van der Waals surface area (Å²) < 4.78 is 61.6. The Morgan fingerprint density at radius 2 is 2.04 bits per heavy atom. The first kappa shape index (κ1) is 23.4. The number of nitrogens with two attached hydrogens (primary N) is 1. The summed E-state index contributed by atoms with van der Waals surface area (Å²) in [5.41, 5.74) is 4.67. The zero-order valence-electron chi connectivity index (χ0n) is 14.9. The van der Waals surface area contributed by atoms with Crippen LogP contribution in [0.3, 0.4) is 0 Å². The summed E-state index contributed by atoms with van der Waals surface area (Å²) in [4.78, 5) is 11.0. The highest BCUT2D eigenvalue weighted by molar-refractivity contribution is 6.32. The largest absolute Gasteiger partial charge is 0.478 e. The Bertz CT molecular complexity index is 815. The number of carboxylic acids is 1. The van der Waals surface area contributed by atoms with Gasteiger partial charge in [0.1, 0.15) is 23.9 Å². The number of hydrogen-bond acceptors (Lipinski definition) is 4. The maximum Gasteiger partial charge on any atom is 0.430 e. The number of fused-ring (bicyclic) bond motifs is 1. The number of alkyl halides is 4. The molecule has 154 valence electrons. The molecular weight excluding hydrogens is 406 g/mol. The molecule has 1 atom stereocenters. The van der Waals surface area contributed by atoms with Crippen molar-refractivity contribution in [3.63, 3.8) is 0 Å². The average molecular weight is 424 g/mol. The van der Waals surface area contributed by atoms with Gasteiger partial charge >= 0.3 is 12.1 Å². The van der Waals surface area contributed by atoms with E-state index in [2.05, 4.69) is 6.58 Å². The molecule has 0 amide bonds. The normalized spacial score (nSPS) is 16.0. The molecule has 0 fully saturated rings. The first-order chi connectivity index (χ1) is 12.9. The molecule has 10 heteroatoms. The van der Waals surface area contributed by atoms with E-state index in [1.807, 2.05) is 0 Å². The van der Waals surface area contributed by atoms with Gasteiger partial charge in [0.2, 0.25) is 6.10 Å². The van der Waals surface area contributed by atoms with Gasteiger partial charge in [0.25, 0.3) is 0 Å². The Morgan fingerprint density at radius 3 is 2.46 bits per heavy atom. The second kappa shape index (κ2) is 9.50. The van der Waals surface area contributed by atoms with Crippen LogP contribution in [0, 0.1) is 0 Å². The van der Waals surface area contributed by atoms with Crippen LogP contribution in [0.15, 0.2) is 41.8 Å². The predicted octanol–water partition coefficient (Wildman–Crippen LogP) is 4.86. The minimum atomic E-state index is -4.92. The van der Waals surface area contributed by atoms with Gasteiger partial charge in [-0.15, -0.1) is 0 Å². The van der Waals surface area contributed by atoms with Crippen molar-refractivity contribution in [2.24, 2.45) is 5.73 Å². The Balaban J connectivity index is 0.000000892. The summed E-state index contributed by atoms with van der Waals surface area (Å²) in [5.74, 6) is -2.21. The van der Waals surface area contributed by atoms with E-state index in [4.69, 9.17) is 31.9 Å². The van der Waals surface area contributed by atoms with Gasteiger partial charge in [0.15, 0.2) is 0 Å².